The molecule has 110 valence electrons. The topological polar surface area (TPSA) is 116 Å². The van der Waals surface area contributed by atoms with Crippen molar-refractivity contribution in [1.29, 1.82) is 0 Å². The summed E-state index contributed by atoms with van der Waals surface area (Å²) >= 11 is 11.8. The molecule has 3 N–H and O–H groups in total. The van der Waals surface area contributed by atoms with Gasteiger partial charge in [0.25, 0.3) is 0 Å². The highest BCUT2D eigenvalue weighted by Crippen LogP contribution is 2.38. The lowest BCUT2D eigenvalue weighted by Crippen LogP contribution is -2.12. The fourth-order valence-corrected chi connectivity index (χ4v) is 1.88. The van der Waals surface area contributed by atoms with Gasteiger partial charge in [0.05, 0.1) is 9.95 Å². The maximum absolute atomic E-state index is 11.1. The van der Waals surface area contributed by atoms with Crippen molar-refractivity contribution in [2.45, 2.75) is 6.92 Å². The van der Waals surface area contributed by atoms with Gasteiger partial charge < -0.3 is 4.74 Å². The van der Waals surface area contributed by atoms with E-state index >= 15 is 0 Å². The monoisotopic (exact) mass is 329 g/mol. The molecule has 0 atom stereocenters. The second-order valence-corrected chi connectivity index (χ2v) is 4.63. The number of halogens is 2. The number of ether oxygens (including phenoxy) is 1. The molecule has 0 spiro atoms. The highest BCUT2D eigenvalue weighted by Gasteiger charge is 2.25. The summed E-state index contributed by atoms with van der Waals surface area (Å²) in [5.41, 5.74) is 1.91. The van der Waals surface area contributed by atoms with E-state index in [1.165, 1.54) is 13.0 Å². The zero-order valence-corrected chi connectivity index (χ0v) is 12.1. The van der Waals surface area contributed by atoms with Gasteiger partial charge in [-0.05, 0) is 19.1 Å². The number of aromatic nitrogens is 2. The first-order valence-corrected chi connectivity index (χ1v) is 6.31. The van der Waals surface area contributed by atoms with Gasteiger partial charge in [-0.1, -0.05) is 29.3 Å². The normalized spacial score (nSPS) is 10.3. The Kier molecular flexibility index (Phi) is 4.41. The molecule has 0 amide bonds. The fraction of sp³-hybridized carbons (Fsp3) is 0.0909. The van der Waals surface area contributed by atoms with Crippen molar-refractivity contribution in [3.63, 3.8) is 0 Å². The van der Waals surface area contributed by atoms with E-state index in [4.69, 9.17) is 33.8 Å². The number of hydrazine groups is 1. The summed E-state index contributed by atoms with van der Waals surface area (Å²) in [7, 11) is 0. The largest absolute Gasteiger partial charge is 0.432 e. The third-order valence-electron chi connectivity index (χ3n) is 2.46. The van der Waals surface area contributed by atoms with Gasteiger partial charge in [0, 0.05) is 0 Å². The number of nitrogens with two attached hydrogens (primary N) is 1. The number of hydrogen-bond donors (Lipinski definition) is 2. The van der Waals surface area contributed by atoms with Gasteiger partial charge in [-0.15, -0.1) is 0 Å². The molecular weight excluding hydrogens is 321 g/mol. The van der Waals surface area contributed by atoms with Crippen molar-refractivity contribution < 1.29 is 9.66 Å². The van der Waals surface area contributed by atoms with Crippen molar-refractivity contribution in [3.05, 3.63) is 44.1 Å². The summed E-state index contributed by atoms with van der Waals surface area (Å²) in [6, 6.07) is 4.65. The van der Waals surface area contributed by atoms with Crippen LogP contribution in [-0.2, 0) is 0 Å². The number of nitrogens with one attached hydrogen (secondary N) is 1. The van der Waals surface area contributed by atoms with E-state index in [9.17, 15) is 10.1 Å². The molecule has 0 aliphatic heterocycles. The van der Waals surface area contributed by atoms with Crippen LogP contribution in [0.15, 0.2) is 18.2 Å². The van der Waals surface area contributed by atoms with E-state index in [0.717, 1.165) is 0 Å². The Labute approximate surface area is 129 Å². The first-order valence-electron chi connectivity index (χ1n) is 5.55. The minimum Gasteiger partial charge on any atom is -0.432 e. The van der Waals surface area contributed by atoms with Crippen molar-refractivity contribution >= 4 is 34.8 Å². The summed E-state index contributed by atoms with van der Waals surface area (Å²) in [5, 5.41) is 11.5. The standard InChI is InChI=1S/C11H9Cl2N5O3/c1-5-9(18(19)20)10(16-11(15-5)17-14)21-7-4-2-3-6(12)8(7)13/h2-4H,14H2,1H3,(H,15,16,17). The SMILES string of the molecule is Cc1nc(NN)nc(Oc2cccc(Cl)c2Cl)c1[N+](=O)[O-]. The van der Waals surface area contributed by atoms with Crippen molar-refractivity contribution in [3.8, 4) is 11.6 Å². The molecule has 1 heterocycles. The van der Waals surface area contributed by atoms with Crippen molar-refractivity contribution in [2.24, 2.45) is 5.84 Å². The smallest absolute Gasteiger partial charge is 0.352 e. The Morgan fingerprint density at radius 2 is 2.10 bits per heavy atom. The van der Waals surface area contributed by atoms with E-state index in [-0.39, 0.29) is 39.0 Å². The van der Waals surface area contributed by atoms with E-state index in [1.807, 2.05) is 0 Å². The van der Waals surface area contributed by atoms with Crippen molar-refractivity contribution in [1.82, 2.24) is 9.97 Å². The second kappa shape index (κ2) is 6.08. The molecule has 2 aromatic rings. The van der Waals surface area contributed by atoms with E-state index in [2.05, 4.69) is 15.4 Å². The number of nitrogen functional groups attached to an aromatic ring is 1. The summed E-state index contributed by atoms with van der Waals surface area (Å²) in [5.74, 6) is 5.04. The zero-order valence-electron chi connectivity index (χ0n) is 10.6. The summed E-state index contributed by atoms with van der Waals surface area (Å²) in [6.07, 6.45) is 0. The maximum atomic E-state index is 11.1. The summed E-state index contributed by atoms with van der Waals surface area (Å²) in [6.45, 7) is 1.44. The van der Waals surface area contributed by atoms with Gasteiger partial charge in [-0.25, -0.2) is 10.8 Å². The molecular formula is C11H9Cl2N5O3. The predicted molar refractivity (Wildman–Crippen MR) is 77.8 cm³/mol. The number of hydrogen-bond acceptors (Lipinski definition) is 7. The first-order chi connectivity index (χ1) is 9.93. The molecule has 0 saturated carbocycles. The van der Waals surface area contributed by atoms with Crippen LogP contribution in [-0.4, -0.2) is 14.9 Å². The molecule has 1 aromatic carbocycles. The number of anilines is 1. The quantitative estimate of drug-likeness (QED) is 0.502. The van der Waals surface area contributed by atoms with Crippen LogP contribution in [0.25, 0.3) is 0 Å². The van der Waals surface area contributed by atoms with Gasteiger partial charge in [0.15, 0.2) is 0 Å². The summed E-state index contributed by atoms with van der Waals surface area (Å²) in [4.78, 5) is 18.1. The van der Waals surface area contributed by atoms with Crippen molar-refractivity contribution in [2.75, 3.05) is 5.43 Å². The Bertz CT molecular complexity index is 710. The first kappa shape index (κ1) is 15.2. The van der Waals surface area contributed by atoms with E-state index < -0.39 is 4.92 Å². The molecule has 0 saturated heterocycles. The molecule has 10 heteroatoms. The van der Waals surface area contributed by atoms with Crippen LogP contribution in [0.2, 0.25) is 10.0 Å². The molecule has 0 radical (unpaired) electrons. The Morgan fingerprint density at radius 3 is 2.71 bits per heavy atom. The molecule has 0 aliphatic carbocycles. The summed E-state index contributed by atoms with van der Waals surface area (Å²) < 4.78 is 5.40. The van der Waals surface area contributed by atoms with Crippen LogP contribution in [0.1, 0.15) is 5.69 Å². The van der Waals surface area contributed by atoms with Crippen LogP contribution in [0.3, 0.4) is 0 Å². The third-order valence-corrected chi connectivity index (χ3v) is 3.26. The molecule has 21 heavy (non-hydrogen) atoms. The van der Waals surface area contributed by atoms with Gasteiger partial charge in [-0.2, -0.15) is 4.98 Å². The average molecular weight is 330 g/mol. The number of benzene rings is 1. The number of rotatable bonds is 4. The van der Waals surface area contributed by atoms with Gasteiger partial charge >= 0.3 is 11.6 Å². The molecule has 0 aliphatic rings. The fourth-order valence-electron chi connectivity index (χ4n) is 1.55. The molecule has 0 fully saturated rings. The molecule has 8 nitrogen and oxygen atoms in total. The van der Waals surface area contributed by atoms with Crippen LogP contribution in [0.5, 0.6) is 11.6 Å². The number of nitro groups is 1. The molecule has 2 rings (SSSR count). The van der Waals surface area contributed by atoms with Gasteiger partial charge in [0.1, 0.15) is 16.5 Å². The van der Waals surface area contributed by atoms with Crippen LogP contribution in [0.4, 0.5) is 11.6 Å². The lowest BCUT2D eigenvalue weighted by Gasteiger charge is -2.10. The van der Waals surface area contributed by atoms with Gasteiger partial charge in [-0.3, -0.25) is 15.5 Å². The Hall–Kier alpha value is -2.16. The Morgan fingerprint density at radius 1 is 1.38 bits per heavy atom. The number of aryl methyl sites for hydroxylation is 1. The predicted octanol–water partition coefficient (Wildman–Crippen LogP) is 3.08. The minimum absolute atomic E-state index is 0.0220. The second-order valence-electron chi connectivity index (χ2n) is 3.84. The minimum atomic E-state index is -0.649. The molecule has 0 unspecified atom stereocenters. The van der Waals surface area contributed by atoms with E-state index in [1.54, 1.807) is 12.1 Å². The van der Waals surface area contributed by atoms with Gasteiger partial charge in [0.2, 0.25) is 5.95 Å². The Balaban J connectivity index is 2.54. The molecule has 1 aromatic heterocycles. The lowest BCUT2D eigenvalue weighted by atomic mass is 10.3. The number of nitrogens with zero attached hydrogens (tertiary/aromatic N) is 3. The maximum Gasteiger partial charge on any atom is 0.352 e. The van der Waals surface area contributed by atoms with E-state index in [0.29, 0.717) is 0 Å². The van der Waals surface area contributed by atoms with Crippen LogP contribution >= 0.6 is 23.2 Å². The molecule has 0 bridgehead atoms. The highest BCUT2D eigenvalue weighted by molar-refractivity contribution is 6.42. The highest BCUT2D eigenvalue weighted by atomic mass is 35.5. The van der Waals surface area contributed by atoms with Crippen LogP contribution < -0.4 is 16.0 Å². The average Bonchev–Trinajstić information content (AvgIpc) is 2.42. The van der Waals surface area contributed by atoms with Crippen LogP contribution in [0, 0.1) is 17.0 Å². The third kappa shape index (κ3) is 3.13. The lowest BCUT2D eigenvalue weighted by molar-refractivity contribution is -0.386. The zero-order chi connectivity index (χ0) is 15.6.